The molecule has 0 spiro atoms. The van der Waals surface area contributed by atoms with Crippen LogP contribution in [0.15, 0.2) is 36.4 Å². The summed E-state index contributed by atoms with van der Waals surface area (Å²) in [6, 6.07) is 6.45. The zero-order valence-corrected chi connectivity index (χ0v) is 10.8. The van der Waals surface area contributed by atoms with Crippen LogP contribution < -0.4 is 5.32 Å². The van der Waals surface area contributed by atoms with Crippen LogP contribution in [0.5, 0.6) is 0 Å². The van der Waals surface area contributed by atoms with Crippen molar-refractivity contribution in [2.75, 3.05) is 7.05 Å². The molecule has 2 rings (SSSR count). The third-order valence-electron chi connectivity index (χ3n) is 2.83. The first-order valence-electron chi connectivity index (χ1n) is 5.60. The first kappa shape index (κ1) is 13.9. The van der Waals surface area contributed by atoms with E-state index >= 15 is 0 Å². The largest absolute Gasteiger partial charge is 0.309 e. The van der Waals surface area contributed by atoms with Gasteiger partial charge >= 0.3 is 0 Å². The lowest BCUT2D eigenvalue weighted by molar-refractivity contribution is 0.549. The van der Waals surface area contributed by atoms with Gasteiger partial charge in [0.25, 0.3) is 0 Å². The van der Waals surface area contributed by atoms with Crippen LogP contribution in [0.25, 0.3) is 0 Å². The Hall–Kier alpha value is -1.52. The molecule has 0 aliphatic rings. The Morgan fingerprint density at radius 3 is 2.21 bits per heavy atom. The molecule has 0 amide bonds. The smallest absolute Gasteiger partial charge is 0.131 e. The van der Waals surface area contributed by atoms with E-state index in [1.54, 1.807) is 7.05 Å². The van der Waals surface area contributed by atoms with Crippen molar-refractivity contribution in [3.63, 3.8) is 0 Å². The van der Waals surface area contributed by atoms with Gasteiger partial charge in [0.15, 0.2) is 0 Å². The lowest BCUT2D eigenvalue weighted by atomic mass is 9.98. The van der Waals surface area contributed by atoms with Crippen molar-refractivity contribution in [2.45, 2.75) is 6.04 Å². The first-order valence-corrected chi connectivity index (χ1v) is 5.98. The van der Waals surface area contributed by atoms with E-state index in [0.29, 0.717) is 10.6 Å². The average molecular weight is 286 g/mol. The molecule has 1 unspecified atom stereocenters. The molecule has 0 aromatic heterocycles. The van der Waals surface area contributed by atoms with Crippen LogP contribution in [-0.4, -0.2) is 7.05 Å². The van der Waals surface area contributed by atoms with Gasteiger partial charge in [-0.25, -0.2) is 13.2 Å². The molecule has 0 aliphatic carbocycles. The van der Waals surface area contributed by atoms with E-state index in [2.05, 4.69) is 5.32 Å². The summed E-state index contributed by atoms with van der Waals surface area (Å²) >= 11 is 6.00. The molecule has 5 heteroatoms. The Morgan fingerprint density at radius 1 is 0.947 bits per heavy atom. The van der Waals surface area contributed by atoms with Gasteiger partial charge in [-0.1, -0.05) is 17.7 Å². The minimum Gasteiger partial charge on any atom is -0.309 e. The normalized spacial score (nSPS) is 12.5. The second kappa shape index (κ2) is 5.63. The molecule has 1 nitrogen and oxygen atoms in total. The Bertz CT molecular complexity index is 601. The van der Waals surface area contributed by atoms with Gasteiger partial charge in [-0.15, -0.1) is 0 Å². The van der Waals surface area contributed by atoms with Gasteiger partial charge in [0.1, 0.15) is 17.5 Å². The van der Waals surface area contributed by atoms with E-state index in [4.69, 9.17) is 11.6 Å². The lowest BCUT2D eigenvalue weighted by Gasteiger charge is -2.19. The molecule has 100 valence electrons. The molecule has 0 heterocycles. The fourth-order valence-electron chi connectivity index (χ4n) is 1.95. The van der Waals surface area contributed by atoms with Crippen LogP contribution >= 0.6 is 11.6 Å². The summed E-state index contributed by atoms with van der Waals surface area (Å²) < 4.78 is 40.0. The summed E-state index contributed by atoms with van der Waals surface area (Å²) in [5.74, 6) is -1.84. The number of hydrogen-bond donors (Lipinski definition) is 1. The molecular weight excluding hydrogens is 275 g/mol. The van der Waals surface area contributed by atoms with Gasteiger partial charge in [0.05, 0.1) is 6.04 Å². The Kier molecular flexibility index (Phi) is 4.12. The third-order valence-corrected chi connectivity index (χ3v) is 3.18. The fourth-order valence-corrected chi connectivity index (χ4v) is 2.18. The van der Waals surface area contributed by atoms with Crippen LogP contribution in [0.2, 0.25) is 5.02 Å². The highest BCUT2D eigenvalue weighted by molar-refractivity contribution is 6.31. The molecule has 0 bridgehead atoms. The van der Waals surface area contributed by atoms with E-state index in [1.807, 2.05) is 0 Å². The van der Waals surface area contributed by atoms with Crippen LogP contribution in [0, 0.1) is 17.5 Å². The van der Waals surface area contributed by atoms with Crippen LogP contribution in [0.1, 0.15) is 17.2 Å². The zero-order valence-electron chi connectivity index (χ0n) is 10.1. The maximum Gasteiger partial charge on any atom is 0.131 e. The molecule has 0 saturated heterocycles. The highest BCUT2D eigenvalue weighted by Gasteiger charge is 2.19. The molecular formula is C14H11ClF3N. The first-order chi connectivity index (χ1) is 9.02. The summed E-state index contributed by atoms with van der Waals surface area (Å²) in [4.78, 5) is 0. The average Bonchev–Trinajstić information content (AvgIpc) is 2.36. The maximum absolute atomic E-state index is 13.8. The van der Waals surface area contributed by atoms with E-state index in [0.717, 1.165) is 12.1 Å². The minimum atomic E-state index is -0.709. The summed E-state index contributed by atoms with van der Waals surface area (Å²) in [6.07, 6.45) is 0. The summed E-state index contributed by atoms with van der Waals surface area (Å²) in [7, 11) is 1.59. The van der Waals surface area contributed by atoms with Gasteiger partial charge in [-0.05, 0) is 36.9 Å². The highest BCUT2D eigenvalue weighted by Crippen LogP contribution is 2.30. The molecule has 0 saturated carbocycles. The predicted molar refractivity (Wildman–Crippen MR) is 68.7 cm³/mol. The minimum absolute atomic E-state index is 0.205. The van der Waals surface area contributed by atoms with Crippen molar-refractivity contribution >= 4 is 11.6 Å². The van der Waals surface area contributed by atoms with E-state index in [9.17, 15) is 13.2 Å². The highest BCUT2D eigenvalue weighted by atomic mass is 35.5. The van der Waals surface area contributed by atoms with E-state index < -0.39 is 23.5 Å². The van der Waals surface area contributed by atoms with Crippen molar-refractivity contribution < 1.29 is 13.2 Å². The Morgan fingerprint density at radius 2 is 1.58 bits per heavy atom. The third kappa shape index (κ3) is 2.91. The standard InChI is InChI=1S/C14H11ClF3N/c1-19-14(10-4-2-9(17)7-13(10)18)11-6-8(16)3-5-12(11)15/h2-7,14,19H,1H3. The molecule has 2 aromatic carbocycles. The second-order valence-electron chi connectivity index (χ2n) is 4.05. The van der Waals surface area contributed by atoms with Crippen LogP contribution in [0.3, 0.4) is 0 Å². The van der Waals surface area contributed by atoms with Crippen LogP contribution in [0.4, 0.5) is 13.2 Å². The van der Waals surface area contributed by atoms with Crippen molar-refractivity contribution in [3.05, 3.63) is 70.0 Å². The number of benzene rings is 2. The van der Waals surface area contributed by atoms with Crippen molar-refractivity contribution in [3.8, 4) is 0 Å². The Labute approximate surface area is 114 Å². The predicted octanol–water partition coefficient (Wildman–Crippen LogP) is 4.07. The van der Waals surface area contributed by atoms with Gasteiger partial charge < -0.3 is 5.32 Å². The molecule has 19 heavy (non-hydrogen) atoms. The second-order valence-corrected chi connectivity index (χ2v) is 4.46. The maximum atomic E-state index is 13.8. The SMILES string of the molecule is CNC(c1ccc(F)cc1F)c1cc(F)ccc1Cl. The fraction of sp³-hybridized carbons (Fsp3) is 0.143. The lowest BCUT2D eigenvalue weighted by Crippen LogP contribution is -2.19. The van der Waals surface area contributed by atoms with E-state index in [1.165, 1.54) is 24.3 Å². The van der Waals surface area contributed by atoms with Gasteiger partial charge in [0, 0.05) is 16.7 Å². The number of hydrogen-bond acceptors (Lipinski definition) is 1. The summed E-state index contributed by atoms with van der Waals surface area (Å²) in [5, 5.41) is 3.16. The van der Waals surface area contributed by atoms with Gasteiger partial charge in [-0.2, -0.15) is 0 Å². The quantitative estimate of drug-likeness (QED) is 0.896. The van der Waals surface area contributed by atoms with Gasteiger partial charge in [-0.3, -0.25) is 0 Å². The van der Waals surface area contributed by atoms with E-state index in [-0.39, 0.29) is 5.56 Å². The molecule has 1 N–H and O–H groups in total. The van der Waals surface area contributed by atoms with Gasteiger partial charge in [0.2, 0.25) is 0 Å². The van der Waals surface area contributed by atoms with Crippen LogP contribution in [-0.2, 0) is 0 Å². The molecule has 0 fully saturated rings. The molecule has 0 aliphatic heterocycles. The molecule has 1 atom stereocenters. The summed E-state index contributed by atoms with van der Waals surface area (Å²) in [5.41, 5.74) is 0.603. The molecule has 0 radical (unpaired) electrons. The van der Waals surface area contributed by atoms with Crippen molar-refractivity contribution in [1.82, 2.24) is 5.32 Å². The zero-order chi connectivity index (χ0) is 14.0. The van der Waals surface area contributed by atoms with Crippen molar-refractivity contribution in [1.29, 1.82) is 0 Å². The number of halogens is 4. The number of rotatable bonds is 3. The molecule has 2 aromatic rings. The Balaban J connectivity index is 2.52. The topological polar surface area (TPSA) is 12.0 Å². The monoisotopic (exact) mass is 285 g/mol. The summed E-state index contributed by atoms with van der Waals surface area (Å²) in [6.45, 7) is 0. The number of nitrogens with one attached hydrogen (secondary N) is 1. The van der Waals surface area contributed by atoms with Crippen molar-refractivity contribution in [2.24, 2.45) is 0 Å².